The third-order valence-electron chi connectivity index (χ3n) is 3.99. The molecule has 0 aliphatic carbocycles. The fourth-order valence-electron chi connectivity index (χ4n) is 2.58. The molecule has 4 nitrogen and oxygen atoms in total. The van der Waals surface area contributed by atoms with Crippen molar-refractivity contribution in [2.45, 2.75) is 19.0 Å². The molecular formula is C16H26N3O+. The minimum Gasteiger partial charge on any atom is -0.330 e. The van der Waals surface area contributed by atoms with Gasteiger partial charge in [0.1, 0.15) is 0 Å². The lowest BCUT2D eigenvalue weighted by Crippen LogP contribution is -2.67. The molecule has 0 spiro atoms. The second-order valence-corrected chi connectivity index (χ2v) is 5.70. The van der Waals surface area contributed by atoms with Crippen LogP contribution in [0.15, 0.2) is 36.9 Å². The van der Waals surface area contributed by atoms with Gasteiger partial charge in [0.2, 0.25) is 11.4 Å². The number of likely N-dealkylation sites (N-methyl/N-ethyl adjacent to an activating group) is 1. The van der Waals surface area contributed by atoms with Gasteiger partial charge in [-0.25, -0.2) is 0 Å². The third kappa shape index (κ3) is 2.82. The number of quaternary nitrogens is 1. The maximum atomic E-state index is 12.5. The monoisotopic (exact) mass is 276 g/mol. The predicted octanol–water partition coefficient (Wildman–Crippen LogP) is 1.29. The highest BCUT2D eigenvalue weighted by atomic mass is 16.1. The van der Waals surface area contributed by atoms with Gasteiger partial charge in [0.15, 0.2) is 0 Å². The Morgan fingerprint density at radius 3 is 2.50 bits per heavy atom. The average Bonchev–Trinajstić information content (AvgIpc) is 2.43. The maximum absolute atomic E-state index is 12.5. The summed E-state index contributed by atoms with van der Waals surface area (Å²) in [6, 6.07) is 7.73. The number of carbonyl (C=O) groups excluding carboxylic acids is 1. The first-order valence-corrected chi connectivity index (χ1v) is 6.86. The van der Waals surface area contributed by atoms with E-state index in [4.69, 9.17) is 11.5 Å². The molecule has 0 saturated heterocycles. The van der Waals surface area contributed by atoms with Crippen LogP contribution in [0, 0.1) is 6.92 Å². The van der Waals surface area contributed by atoms with E-state index < -0.39 is 5.66 Å². The van der Waals surface area contributed by atoms with Crippen LogP contribution in [0.1, 0.15) is 17.5 Å². The predicted molar refractivity (Wildman–Crippen MR) is 82.9 cm³/mol. The number of carbonyl (C=O) groups is 1. The second-order valence-electron chi connectivity index (χ2n) is 5.70. The normalized spacial score (nSPS) is 14.7. The Kier molecular flexibility index (Phi) is 5.22. The Morgan fingerprint density at radius 1 is 1.40 bits per heavy atom. The van der Waals surface area contributed by atoms with Gasteiger partial charge in [0.25, 0.3) is 0 Å². The molecule has 0 fully saturated rings. The molecule has 1 aromatic carbocycles. The molecular weight excluding hydrogens is 250 g/mol. The number of ketones is 1. The molecule has 0 radical (unpaired) electrons. The fraction of sp³-hybridized carbons (Fsp3) is 0.438. The van der Waals surface area contributed by atoms with Crippen LogP contribution >= 0.6 is 0 Å². The second kappa shape index (κ2) is 6.31. The van der Waals surface area contributed by atoms with E-state index in [-0.39, 0.29) is 5.78 Å². The minimum atomic E-state index is -1.14. The Morgan fingerprint density at radius 2 is 2.00 bits per heavy atom. The van der Waals surface area contributed by atoms with E-state index in [1.807, 2.05) is 45.3 Å². The molecule has 1 atom stereocenters. The number of rotatable bonds is 7. The van der Waals surface area contributed by atoms with Crippen LogP contribution in [0.25, 0.3) is 0 Å². The molecule has 1 unspecified atom stereocenters. The van der Waals surface area contributed by atoms with Crippen molar-refractivity contribution in [3.63, 3.8) is 0 Å². The van der Waals surface area contributed by atoms with E-state index in [0.29, 0.717) is 11.0 Å². The van der Waals surface area contributed by atoms with Crippen molar-refractivity contribution in [2.24, 2.45) is 11.5 Å². The Labute approximate surface area is 121 Å². The number of hydrogen-bond acceptors (Lipinski definition) is 3. The molecule has 0 bridgehead atoms. The standard InChI is InChI=1S/C16H26N3O/c1-5-15(20)16(18,19(3,4)12-8-11-17)14-10-7-6-9-13(14)2/h5-7,9-10H,1,8,11-12,17-18H2,2-4H3/q+1. The van der Waals surface area contributed by atoms with E-state index in [1.165, 1.54) is 6.08 Å². The largest absolute Gasteiger partial charge is 0.330 e. The molecule has 110 valence electrons. The van der Waals surface area contributed by atoms with Crippen molar-refractivity contribution in [1.82, 2.24) is 0 Å². The molecule has 0 aliphatic heterocycles. The van der Waals surface area contributed by atoms with Crippen LogP contribution in [0.5, 0.6) is 0 Å². The van der Waals surface area contributed by atoms with Crippen molar-refractivity contribution < 1.29 is 9.28 Å². The van der Waals surface area contributed by atoms with Gasteiger partial charge < -0.3 is 10.2 Å². The van der Waals surface area contributed by atoms with Gasteiger partial charge in [-0.3, -0.25) is 10.5 Å². The number of benzene rings is 1. The molecule has 4 N–H and O–H groups in total. The molecule has 1 rings (SSSR count). The van der Waals surface area contributed by atoms with Crippen LogP contribution in [-0.2, 0) is 10.5 Å². The summed E-state index contributed by atoms with van der Waals surface area (Å²) >= 11 is 0. The van der Waals surface area contributed by atoms with Crippen LogP contribution in [0.3, 0.4) is 0 Å². The minimum absolute atomic E-state index is 0.172. The summed E-state index contributed by atoms with van der Waals surface area (Å²) in [4.78, 5) is 12.5. The van der Waals surface area contributed by atoms with Gasteiger partial charge in [-0.15, -0.1) is 0 Å². The maximum Gasteiger partial charge on any atom is 0.240 e. The molecule has 20 heavy (non-hydrogen) atoms. The Balaban J connectivity index is 3.41. The highest BCUT2D eigenvalue weighted by Crippen LogP contribution is 2.31. The quantitative estimate of drug-likeness (QED) is 0.448. The fourth-order valence-corrected chi connectivity index (χ4v) is 2.58. The summed E-state index contributed by atoms with van der Waals surface area (Å²) in [5.41, 5.74) is 12.9. The smallest absolute Gasteiger partial charge is 0.240 e. The van der Waals surface area contributed by atoms with E-state index in [9.17, 15) is 4.79 Å². The van der Waals surface area contributed by atoms with Gasteiger partial charge in [-0.05, 0) is 25.1 Å². The van der Waals surface area contributed by atoms with Crippen molar-refractivity contribution in [2.75, 3.05) is 27.2 Å². The van der Waals surface area contributed by atoms with Crippen LogP contribution in [0.2, 0.25) is 0 Å². The molecule has 0 heterocycles. The molecule has 1 aromatic rings. The zero-order chi connectivity index (χ0) is 15.4. The van der Waals surface area contributed by atoms with Crippen molar-refractivity contribution in [3.05, 3.63) is 48.0 Å². The van der Waals surface area contributed by atoms with Crippen molar-refractivity contribution in [3.8, 4) is 0 Å². The van der Waals surface area contributed by atoms with Crippen LogP contribution in [-0.4, -0.2) is 37.5 Å². The van der Waals surface area contributed by atoms with Crippen LogP contribution in [0.4, 0.5) is 0 Å². The number of hydrogen-bond donors (Lipinski definition) is 2. The summed E-state index contributed by atoms with van der Waals surface area (Å²) in [6.45, 7) is 6.88. The first-order chi connectivity index (χ1) is 9.31. The number of aryl methyl sites for hydroxylation is 1. The van der Waals surface area contributed by atoms with Crippen molar-refractivity contribution in [1.29, 1.82) is 0 Å². The van der Waals surface area contributed by atoms with E-state index >= 15 is 0 Å². The molecule has 0 amide bonds. The summed E-state index contributed by atoms with van der Waals surface area (Å²) in [5, 5.41) is 0. The summed E-state index contributed by atoms with van der Waals surface area (Å²) in [6.07, 6.45) is 2.12. The highest BCUT2D eigenvalue weighted by Gasteiger charge is 2.49. The van der Waals surface area contributed by atoms with Crippen molar-refractivity contribution >= 4 is 5.78 Å². The van der Waals surface area contributed by atoms with Gasteiger partial charge in [0.05, 0.1) is 20.6 Å². The first-order valence-electron chi connectivity index (χ1n) is 6.86. The lowest BCUT2D eigenvalue weighted by Gasteiger charge is -2.45. The Bertz CT molecular complexity index is 496. The molecule has 0 saturated carbocycles. The lowest BCUT2D eigenvalue weighted by atomic mass is 9.88. The average molecular weight is 276 g/mol. The van der Waals surface area contributed by atoms with E-state index in [0.717, 1.165) is 24.1 Å². The van der Waals surface area contributed by atoms with E-state index in [2.05, 4.69) is 6.58 Å². The highest BCUT2D eigenvalue weighted by molar-refractivity contribution is 5.97. The number of nitrogens with two attached hydrogens (primary N) is 2. The van der Waals surface area contributed by atoms with Gasteiger partial charge >= 0.3 is 0 Å². The summed E-state index contributed by atoms with van der Waals surface area (Å²) in [5.74, 6) is -0.172. The van der Waals surface area contributed by atoms with Gasteiger partial charge in [-0.1, -0.05) is 30.8 Å². The zero-order valence-electron chi connectivity index (χ0n) is 12.7. The van der Waals surface area contributed by atoms with E-state index in [1.54, 1.807) is 0 Å². The zero-order valence-corrected chi connectivity index (χ0v) is 12.7. The first kappa shape index (κ1) is 16.6. The summed E-state index contributed by atoms with van der Waals surface area (Å²) < 4.78 is 0.347. The number of nitrogens with zero attached hydrogens (tertiary/aromatic N) is 1. The SMILES string of the molecule is C=CC(=O)C(N)(c1ccccc1C)[N+](C)(C)CCCN. The molecule has 0 aliphatic rings. The third-order valence-corrected chi connectivity index (χ3v) is 3.99. The topological polar surface area (TPSA) is 69.1 Å². The van der Waals surface area contributed by atoms with Gasteiger partial charge in [-0.2, -0.15) is 0 Å². The molecule has 0 aromatic heterocycles. The van der Waals surface area contributed by atoms with Gasteiger partial charge in [0, 0.05) is 12.0 Å². The van der Waals surface area contributed by atoms with Crippen LogP contribution < -0.4 is 11.5 Å². The summed E-state index contributed by atoms with van der Waals surface area (Å²) in [7, 11) is 3.92. The molecule has 4 heteroatoms. The Hall–Kier alpha value is -1.49. The lowest BCUT2D eigenvalue weighted by molar-refractivity contribution is -0.938.